The zero-order chi connectivity index (χ0) is 11.9. The number of hydrogen-bond acceptors (Lipinski definition) is 0. The van der Waals surface area contributed by atoms with Crippen molar-refractivity contribution in [3.05, 3.63) is 23.8 Å². The fourth-order valence-corrected chi connectivity index (χ4v) is 1.37. The molecule has 0 amide bonds. The van der Waals surface area contributed by atoms with Crippen molar-refractivity contribution in [2.45, 2.75) is 23.6 Å². The van der Waals surface area contributed by atoms with Crippen LogP contribution in [-0.4, -0.2) is 17.2 Å². The predicted octanol–water partition coefficient (Wildman–Crippen LogP) is 3.97. The fraction of sp³-hybridized carbons (Fsp3) is 0.500. The molecule has 0 aromatic carbocycles. The molecule has 0 aromatic heterocycles. The number of halogens is 7. The lowest BCUT2D eigenvalue weighted by molar-refractivity contribution is -0.256. The van der Waals surface area contributed by atoms with E-state index in [0.717, 1.165) is 12.2 Å². The van der Waals surface area contributed by atoms with Crippen LogP contribution < -0.4 is 0 Å². The van der Waals surface area contributed by atoms with Gasteiger partial charge in [-0.3, -0.25) is 0 Å². The average Bonchev–Trinajstić information content (AvgIpc) is 2.49. The second-order valence-electron chi connectivity index (χ2n) is 2.98. The van der Waals surface area contributed by atoms with Crippen LogP contribution in [0.1, 0.15) is 6.42 Å². The molecule has 0 saturated heterocycles. The minimum absolute atomic E-state index is 0.442. The molecule has 0 aliphatic heterocycles. The van der Waals surface area contributed by atoms with E-state index in [-0.39, 0.29) is 0 Å². The van der Waals surface area contributed by atoms with Crippen LogP contribution in [-0.2, 0) is 0 Å². The highest BCUT2D eigenvalue weighted by Crippen LogP contribution is 2.53. The van der Waals surface area contributed by atoms with Crippen LogP contribution in [0.4, 0.5) is 26.3 Å². The van der Waals surface area contributed by atoms with Crippen LogP contribution in [0.15, 0.2) is 23.8 Å². The third-order valence-electron chi connectivity index (χ3n) is 1.99. The Morgan fingerprint density at radius 3 is 1.73 bits per heavy atom. The minimum atomic E-state index is -5.56. The number of hydrogen-bond donors (Lipinski definition) is 0. The SMILES string of the molecule is FC(F)(F)C(Cl)(C1=CC=CC1)C(F)(F)F. The van der Waals surface area contributed by atoms with Crippen LogP contribution in [0, 0.1) is 0 Å². The Hall–Kier alpha value is -0.650. The Balaban J connectivity index is 3.20. The van der Waals surface area contributed by atoms with Gasteiger partial charge < -0.3 is 0 Å². The number of rotatable bonds is 1. The van der Waals surface area contributed by atoms with Gasteiger partial charge in [0.2, 0.25) is 0 Å². The van der Waals surface area contributed by atoms with Gasteiger partial charge in [0.05, 0.1) is 0 Å². The lowest BCUT2D eigenvalue weighted by atomic mass is 9.96. The van der Waals surface area contributed by atoms with Gasteiger partial charge in [0.25, 0.3) is 4.87 Å². The standard InChI is InChI=1S/C8H5ClF6/c9-6(7(10,11)12,8(13,14)15)5-3-1-2-4-5/h1-3H,4H2. The van der Waals surface area contributed by atoms with Gasteiger partial charge in [-0.25, -0.2) is 0 Å². The molecule has 0 N–H and O–H groups in total. The first-order valence-electron chi connectivity index (χ1n) is 3.79. The van der Waals surface area contributed by atoms with Crippen molar-refractivity contribution in [2.24, 2.45) is 0 Å². The van der Waals surface area contributed by atoms with Gasteiger partial charge in [0.1, 0.15) is 0 Å². The molecule has 0 unspecified atom stereocenters. The van der Waals surface area contributed by atoms with Gasteiger partial charge in [-0.2, -0.15) is 26.3 Å². The Morgan fingerprint density at radius 2 is 1.47 bits per heavy atom. The van der Waals surface area contributed by atoms with E-state index in [1.165, 1.54) is 6.08 Å². The third kappa shape index (κ3) is 1.87. The summed E-state index contributed by atoms with van der Waals surface area (Å²) in [7, 11) is 0. The van der Waals surface area contributed by atoms with Gasteiger partial charge in [-0.1, -0.05) is 29.8 Å². The lowest BCUT2D eigenvalue weighted by Crippen LogP contribution is -2.53. The van der Waals surface area contributed by atoms with Crippen LogP contribution in [0.2, 0.25) is 0 Å². The second-order valence-corrected chi connectivity index (χ2v) is 3.55. The molecule has 0 spiro atoms. The molecule has 0 heterocycles. The Bertz CT molecular complexity index is 294. The maximum absolute atomic E-state index is 12.3. The highest BCUT2D eigenvalue weighted by atomic mass is 35.5. The van der Waals surface area contributed by atoms with E-state index in [2.05, 4.69) is 0 Å². The summed E-state index contributed by atoms with van der Waals surface area (Å²) in [5, 5.41) is 0. The molecule has 0 fully saturated rings. The summed E-state index contributed by atoms with van der Waals surface area (Å²) in [4.78, 5) is -4.27. The van der Waals surface area contributed by atoms with E-state index >= 15 is 0 Å². The molecule has 7 heteroatoms. The van der Waals surface area contributed by atoms with E-state index in [9.17, 15) is 26.3 Å². The summed E-state index contributed by atoms with van der Waals surface area (Å²) in [6.07, 6.45) is -8.53. The van der Waals surface area contributed by atoms with E-state index in [4.69, 9.17) is 11.6 Å². The summed E-state index contributed by atoms with van der Waals surface area (Å²) in [5.41, 5.74) is -0.899. The Kier molecular flexibility index (Phi) is 2.84. The fourth-order valence-electron chi connectivity index (χ4n) is 1.23. The first-order valence-corrected chi connectivity index (χ1v) is 4.17. The molecule has 0 bridgehead atoms. The van der Waals surface area contributed by atoms with E-state index in [0.29, 0.717) is 0 Å². The van der Waals surface area contributed by atoms with Gasteiger partial charge in [-0.15, -0.1) is 0 Å². The summed E-state index contributed by atoms with van der Waals surface area (Å²) >= 11 is 4.74. The van der Waals surface area contributed by atoms with Gasteiger partial charge in [0, 0.05) is 0 Å². The van der Waals surface area contributed by atoms with Crippen molar-refractivity contribution in [3.63, 3.8) is 0 Å². The van der Waals surface area contributed by atoms with Gasteiger partial charge >= 0.3 is 12.4 Å². The molecular weight excluding hydrogens is 246 g/mol. The zero-order valence-electron chi connectivity index (χ0n) is 7.08. The Morgan fingerprint density at radius 1 is 1.00 bits per heavy atom. The monoisotopic (exact) mass is 250 g/mol. The third-order valence-corrected chi connectivity index (χ3v) is 2.67. The molecule has 0 aromatic rings. The number of allylic oxidation sites excluding steroid dienone is 4. The molecule has 15 heavy (non-hydrogen) atoms. The van der Waals surface area contributed by atoms with Gasteiger partial charge in [0.15, 0.2) is 0 Å². The van der Waals surface area contributed by atoms with Crippen LogP contribution in [0.3, 0.4) is 0 Å². The molecule has 1 aliphatic rings. The van der Waals surface area contributed by atoms with E-state index < -0.39 is 29.2 Å². The van der Waals surface area contributed by atoms with Crippen molar-refractivity contribution in [3.8, 4) is 0 Å². The molecule has 0 nitrogen and oxygen atoms in total. The van der Waals surface area contributed by atoms with Gasteiger partial charge in [-0.05, 0) is 12.0 Å². The molecule has 86 valence electrons. The first kappa shape index (κ1) is 12.4. The maximum atomic E-state index is 12.3. The molecule has 0 atom stereocenters. The first-order chi connectivity index (χ1) is 6.61. The maximum Gasteiger partial charge on any atom is 0.420 e. The van der Waals surface area contributed by atoms with Crippen molar-refractivity contribution >= 4 is 11.6 Å². The van der Waals surface area contributed by atoms with Crippen molar-refractivity contribution in [1.82, 2.24) is 0 Å². The van der Waals surface area contributed by atoms with Crippen molar-refractivity contribution < 1.29 is 26.3 Å². The lowest BCUT2D eigenvalue weighted by Gasteiger charge is -2.32. The molecule has 1 rings (SSSR count). The van der Waals surface area contributed by atoms with Crippen LogP contribution in [0.25, 0.3) is 0 Å². The van der Waals surface area contributed by atoms with Crippen molar-refractivity contribution in [1.29, 1.82) is 0 Å². The summed E-state index contributed by atoms with van der Waals surface area (Å²) in [6, 6.07) is 0. The second kappa shape index (κ2) is 3.43. The van der Waals surface area contributed by atoms with Crippen molar-refractivity contribution in [2.75, 3.05) is 0 Å². The summed E-state index contributed by atoms with van der Waals surface area (Å²) in [5.74, 6) is 0. The highest BCUT2D eigenvalue weighted by molar-refractivity contribution is 6.27. The average molecular weight is 251 g/mol. The predicted molar refractivity (Wildman–Crippen MR) is 42.5 cm³/mol. The zero-order valence-corrected chi connectivity index (χ0v) is 7.84. The Labute approximate surface area is 86.2 Å². The summed E-state index contributed by atoms with van der Waals surface area (Å²) in [6.45, 7) is 0. The smallest absolute Gasteiger partial charge is 0.168 e. The highest BCUT2D eigenvalue weighted by Gasteiger charge is 2.71. The van der Waals surface area contributed by atoms with E-state index in [1.807, 2.05) is 0 Å². The molecule has 0 saturated carbocycles. The largest absolute Gasteiger partial charge is 0.420 e. The minimum Gasteiger partial charge on any atom is -0.168 e. The van der Waals surface area contributed by atoms with Crippen LogP contribution >= 0.6 is 11.6 Å². The summed E-state index contributed by atoms with van der Waals surface area (Å²) < 4.78 is 74.0. The molecular formula is C8H5ClF6. The normalized spacial score (nSPS) is 18.2. The topological polar surface area (TPSA) is 0 Å². The molecule has 1 aliphatic carbocycles. The molecule has 0 radical (unpaired) electrons. The van der Waals surface area contributed by atoms with E-state index in [1.54, 1.807) is 0 Å². The number of alkyl halides is 7. The van der Waals surface area contributed by atoms with Crippen LogP contribution in [0.5, 0.6) is 0 Å². The quantitative estimate of drug-likeness (QED) is 0.488.